The SMILES string of the molecule is O=c1c(C(F)(F)F)cn(Cc2ccccc2)c(=O)n1CCCN1CCN(c2ccccc2OCC(F)(F)F)CC1. The van der Waals surface area contributed by atoms with Crippen molar-refractivity contribution in [3.63, 3.8) is 0 Å². The average Bonchev–Trinajstić information content (AvgIpc) is 2.91. The van der Waals surface area contributed by atoms with Crippen molar-refractivity contribution in [3.8, 4) is 5.75 Å². The molecule has 1 aromatic heterocycles. The molecule has 4 rings (SSSR count). The van der Waals surface area contributed by atoms with E-state index in [0.29, 0.717) is 54.7 Å². The molecule has 0 spiro atoms. The first-order valence-electron chi connectivity index (χ1n) is 12.6. The smallest absolute Gasteiger partial charge is 0.423 e. The van der Waals surface area contributed by atoms with Gasteiger partial charge in [-0.2, -0.15) is 26.3 Å². The van der Waals surface area contributed by atoms with Gasteiger partial charge >= 0.3 is 18.0 Å². The lowest BCUT2D eigenvalue weighted by Crippen LogP contribution is -2.47. The summed E-state index contributed by atoms with van der Waals surface area (Å²) in [7, 11) is 0. The maximum absolute atomic E-state index is 13.6. The fourth-order valence-corrected chi connectivity index (χ4v) is 4.60. The first kappa shape index (κ1) is 29.2. The predicted octanol–water partition coefficient (Wildman–Crippen LogP) is 4.23. The van der Waals surface area contributed by atoms with Gasteiger partial charge < -0.3 is 9.64 Å². The van der Waals surface area contributed by atoms with Crippen LogP contribution in [0.15, 0.2) is 70.4 Å². The number of anilines is 1. The first-order valence-corrected chi connectivity index (χ1v) is 12.6. The quantitative estimate of drug-likeness (QED) is 0.361. The van der Waals surface area contributed by atoms with Crippen LogP contribution in [0.4, 0.5) is 32.0 Å². The molecule has 1 aliphatic heterocycles. The van der Waals surface area contributed by atoms with Crippen molar-refractivity contribution in [2.45, 2.75) is 31.9 Å². The molecule has 0 saturated carbocycles. The van der Waals surface area contributed by atoms with Crippen LogP contribution in [0.2, 0.25) is 0 Å². The van der Waals surface area contributed by atoms with Gasteiger partial charge in [0.25, 0.3) is 5.56 Å². The molecule has 2 heterocycles. The summed E-state index contributed by atoms with van der Waals surface area (Å²) in [6.07, 6.45) is -8.55. The van der Waals surface area contributed by atoms with Gasteiger partial charge in [-0.15, -0.1) is 0 Å². The Morgan fingerprint density at radius 2 is 1.45 bits per heavy atom. The minimum absolute atomic E-state index is 0.112. The molecule has 13 heteroatoms. The fourth-order valence-electron chi connectivity index (χ4n) is 4.60. The topological polar surface area (TPSA) is 59.7 Å². The lowest BCUT2D eigenvalue weighted by molar-refractivity contribution is -0.153. The van der Waals surface area contributed by atoms with E-state index in [1.165, 1.54) is 6.07 Å². The van der Waals surface area contributed by atoms with Gasteiger partial charge in [0, 0.05) is 38.9 Å². The number of halogens is 6. The summed E-state index contributed by atoms with van der Waals surface area (Å²) in [5.41, 5.74) is -2.43. The molecule has 0 atom stereocenters. The van der Waals surface area contributed by atoms with Gasteiger partial charge in [-0.05, 0) is 30.7 Å². The monoisotopic (exact) mass is 570 g/mol. The number of piperazine rings is 1. The zero-order valence-corrected chi connectivity index (χ0v) is 21.4. The van der Waals surface area contributed by atoms with Crippen LogP contribution in [0.25, 0.3) is 0 Å². The standard InChI is InChI=1S/C27H28F6N4O3/c28-26(29,30)19-40-23-10-5-4-9-22(23)35-15-13-34(14-16-35)11-6-12-37-24(38)21(27(31,32)33)18-36(25(37)39)17-20-7-2-1-3-8-20/h1-5,7-10,18H,6,11-17,19H2. The normalized spacial score (nSPS) is 14.9. The van der Waals surface area contributed by atoms with Crippen molar-refractivity contribution >= 4 is 5.69 Å². The van der Waals surface area contributed by atoms with Crippen LogP contribution < -0.4 is 20.9 Å². The first-order chi connectivity index (χ1) is 18.9. The number of benzene rings is 2. The highest BCUT2D eigenvalue weighted by molar-refractivity contribution is 5.58. The maximum atomic E-state index is 13.6. The van der Waals surface area contributed by atoms with E-state index in [1.54, 1.807) is 48.5 Å². The molecule has 0 unspecified atom stereocenters. The molecule has 0 aliphatic carbocycles. The summed E-state index contributed by atoms with van der Waals surface area (Å²) in [4.78, 5) is 29.5. The van der Waals surface area contributed by atoms with Crippen molar-refractivity contribution < 1.29 is 31.1 Å². The van der Waals surface area contributed by atoms with Gasteiger partial charge in [0.2, 0.25) is 0 Å². The molecule has 0 bridgehead atoms. The number of ether oxygens (including phenoxy) is 1. The van der Waals surface area contributed by atoms with E-state index in [4.69, 9.17) is 4.74 Å². The number of aromatic nitrogens is 2. The summed E-state index contributed by atoms with van der Waals surface area (Å²) in [5, 5.41) is 0. The van der Waals surface area contributed by atoms with Crippen molar-refractivity contribution in [3.05, 3.63) is 92.8 Å². The summed E-state index contributed by atoms with van der Waals surface area (Å²) in [6.45, 7) is 0.753. The molecule has 1 aliphatic rings. The highest BCUT2D eigenvalue weighted by atomic mass is 19.4. The Kier molecular flexibility index (Phi) is 8.92. The van der Waals surface area contributed by atoms with Crippen LogP contribution in [0.5, 0.6) is 5.75 Å². The third-order valence-electron chi connectivity index (χ3n) is 6.56. The number of para-hydroxylation sites is 2. The Morgan fingerprint density at radius 3 is 2.10 bits per heavy atom. The van der Waals surface area contributed by atoms with Crippen LogP contribution in [0, 0.1) is 0 Å². The second-order valence-electron chi connectivity index (χ2n) is 9.45. The Morgan fingerprint density at radius 1 is 0.800 bits per heavy atom. The molecule has 216 valence electrons. The lowest BCUT2D eigenvalue weighted by atomic mass is 10.2. The average molecular weight is 571 g/mol. The predicted molar refractivity (Wildman–Crippen MR) is 137 cm³/mol. The van der Waals surface area contributed by atoms with E-state index >= 15 is 0 Å². The largest absolute Gasteiger partial charge is 0.482 e. The van der Waals surface area contributed by atoms with Gasteiger partial charge in [0.1, 0.15) is 11.3 Å². The molecule has 40 heavy (non-hydrogen) atoms. The van der Waals surface area contributed by atoms with Crippen molar-refractivity contribution in [2.24, 2.45) is 0 Å². The highest BCUT2D eigenvalue weighted by Crippen LogP contribution is 2.30. The van der Waals surface area contributed by atoms with Crippen LogP contribution in [-0.2, 0) is 19.3 Å². The summed E-state index contributed by atoms with van der Waals surface area (Å²) < 4.78 is 85.1. The van der Waals surface area contributed by atoms with Crippen molar-refractivity contribution in [1.82, 2.24) is 14.0 Å². The van der Waals surface area contributed by atoms with E-state index in [1.807, 2.05) is 9.80 Å². The molecular formula is C27H28F6N4O3. The minimum atomic E-state index is -4.92. The van der Waals surface area contributed by atoms with Crippen molar-refractivity contribution in [2.75, 3.05) is 44.2 Å². The Balaban J connectivity index is 1.40. The van der Waals surface area contributed by atoms with E-state index in [0.717, 1.165) is 4.57 Å². The number of hydrogen-bond acceptors (Lipinski definition) is 5. The second-order valence-corrected chi connectivity index (χ2v) is 9.45. The number of nitrogens with zero attached hydrogens (tertiary/aromatic N) is 4. The summed E-state index contributed by atoms with van der Waals surface area (Å²) >= 11 is 0. The van der Waals surface area contributed by atoms with E-state index in [2.05, 4.69) is 0 Å². The Labute approximate surface area is 225 Å². The van der Waals surface area contributed by atoms with Crippen LogP contribution >= 0.6 is 0 Å². The third-order valence-corrected chi connectivity index (χ3v) is 6.56. The zero-order valence-electron chi connectivity index (χ0n) is 21.4. The second kappa shape index (κ2) is 12.2. The fraction of sp³-hybridized carbons (Fsp3) is 0.407. The number of hydrogen-bond donors (Lipinski definition) is 0. The van der Waals surface area contributed by atoms with Crippen molar-refractivity contribution in [1.29, 1.82) is 0 Å². The Bertz CT molecular complexity index is 1390. The summed E-state index contributed by atoms with van der Waals surface area (Å²) in [6, 6.07) is 15.0. The molecule has 0 N–H and O–H groups in total. The highest BCUT2D eigenvalue weighted by Gasteiger charge is 2.36. The number of rotatable bonds is 9. The van der Waals surface area contributed by atoms with Gasteiger partial charge in [-0.25, -0.2) is 4.79 Å². The third kappa shape index (κ3) is 7.46. The summed E-state index contributed by atoms with van der Waals surface area (Å²) in [5.74, 6) is 0.129. The van der Waals surface area contributed by atoms with Crippen LogP contribution in [-0.4, -0.2) is 59.5 Å². The minimum Gasteiger partial charge on any atom is -0.482 e. The molecule has 0 amide bonds. The molecule has 1 saturated heterocycles. The van der Waals surface area contributed by atoms with Gasteiger partial charge in [0.05, 0.1) is 12.2 Å². The maximum Gasteiger partial charge on any atom is 0.423 e. The zero-order chi connectivity index (χ0) is 28.9. The van der Waals surface area contributed by atoms with E-state index in [-0.39, 0.29) is 25.3 Å². The molecule has 7 nitrogen and oxygen atoms in total. The van der Waals surface area contributed by atoms with E-state index in [9.17, 15) is 35.9 Å². The molecule has 0 radical (unpaired) electrons. The molecular weight excluding hydrogens is 542 g/mol. The van der Waals surface area contributed by atoms with E-state index < -0.39 is 35.8 Å². The van der Waals surface area contributed by atoms with Gasteiger partial charge in [-0.1, -0.05) is 42.5 Å². The van der Waals surface area contributed by atoms with Crippen LogP contribution in [0.3, 0.4) is 0 Å². The van der Waals surface area contributed by atoms with Gasteiger partial charge in [0.15, 0.2) is 6.61 Å². The Hall–Kier alpha value is -3.74. The number of alkyl halides is 6. The van der Waals surface area contributed by atoms with Crippen LogP contribution in [0.1, 0.15) is 17.5 Å². The molecule has 1 fully saturated rings. The van der Waals surface area contributed by atoms with Gasteiger partial charge in [-0.3, -0.25) is 18.8 Å². The molecule has 2 aromatic carbocycles. The lowest BCUT2D eigenvalue weighted by Gasteiger charge is -2.36. The molecule has 3 aromatic rings.